The van der Waals surface area contributed by atoms with Crippen LogP contribution in [-0.4, -0.2) is 11.1 Å². The van der Waals surface area contributed by atoms with E-state index in [1.165, 1.54) is 0 Å². The normalized spacial score (nSPS) is 10.6. The SMILES string of the molecule is O=C(O)CCc1ccc2cccc-2o1. The molecule has 1 aliphatic heterocycles. The van der Waals surface area contributed by atoms with Crippen LogP contribution in [0.25, 0.3) is 11.3 Å². The van der Waals surface area contributed by atoms with Gasteiger partial charge in [0.05, 0.1) is 6.42 Å². The van der Waals surface area contributed by atoms with Gasteiger partial charge < -0.3 is 9.52 Å². The molecule has 1 aliphatic carbocycles. The van der Waals surface area contributed by atoms with Crippen molar-refractivity contribution in [2.24, 2.45) is 0 Å². The highest BCUT2D eigenvalue weighted by molar-refractivity contribution is 5.67. The Labute approximate surface area is 81.3 Å². The van der Waals surface area contributed by atoms with Crippen molar-refractivity contribution in [3.8, 4) is 11.3 Å². The van der Waals surface area contributed by atoms with Gasteiger partial charge in [0.1, 0.15) is 11.5 Å². The number of aliphatic carboxylic acids is 1. The smallest absolute Gasteiger partial charge is 0.303 e. The van der Waals surface area contributed by atoms with Crippen LogP contribution in [0, 0.1) is 0 Å². The molecule has 0 spiro atoms. The predicted molar refractivity (Wildman–Crippen MR) is 51.3 cm³/mol. The summed E-state index contributed by atoms with van der Waals surface area (Å²) in [5, 5.41) is 8.51. The van der Waals surface area contributed by atoms with Gasteiger partial charge >= 0.3 is 5.97 Å². The number of carboxylic acid groups (broad SMARTS) is 1. The van der Waals surface area contributed by atoms with E-state index in [2.05, 4.69) is 0 Å². The van der Waals surface area contributed by atoms with Crippen molar-refractivity contribution in [2.75, 3.05) is 0 Å². The number of hydrogen-bond donors (Lipinski definition) is 1. The van der Waals surface area contributed by atoms with Gasteiger partial charge in [-0.3, -0.25) is 4.79 Å². The third-order valence-corrected chi connectivity index (χ3v) is 2.08. The molecule has 0 amide bonds. The lowest BCUT2D eigenvalue weighted by Gasteiger charge is -2.02. The molecule has 2 aliphatic rings. The summed E-state index contributed by atoms with van der Waals surface area (Å²) in [5.41, 5.74) is 1.05. The molecule has 0 aromatic carbocycles. The van der Waals surface area contributed by atoms with Crippen molar-refractivity contribution in [3.05, 3.63) is 36.1 Å². The van der Waals surface area contributed by atoms with Gasteiger partial charge in [-0.1, -0.05) is 12.1 Å². The monoisotopic (exact) mass is 190 g/mol. The highest BCUT2D eigenvalue weighted by Gasteiger charge is 2.06. The van der Waals surface area contributed by atoms with Crippen LogP contribution in [0.4, 0.5) is 0 Å². The highest BCUT2D eigenvalue weighted by Crippen LogP contribution is 2.24. The van der Waals surface area contributed by atoms with Crippen molar-refractivity contribution >= 4 is 5.97 Å². The second-order valence-electron chi connectivity index (χ2n) is 3.14. The van der Waals surface area contributed by atoms with Gasteiger partial charge in [0, 0.05) is 12.0 Å². The largest absolute Gasteiger partial charge is 0.481 e. The van der Waals surface area contributed by atoms with Gasteiger partial charge in [-0.2, -0.15) is 0 Å². The number of rotatable bonds is 3. The van der Waals surface area contributed by atoms with Crippen molar-refractivity contribution in [1.29, 1.82) is 0 Å². The first-order chi connectivity index (χ1) is 6.75. The maximum atomic E-state index is 10.3. The van der Waals surface area contributed by atoms with Gasteiger partial charge in [-0.25, -0.2) is 0 Å². The molecule has 2 rings (SSSR count). The Hall–Kier alpha value is -1.77. The minimum Gasteiger partial charge on any atom is -0.481 e. The minimum absolute atomic E-state index is 0.107. The molecule has 14 heavy (non-hydrogen) atoms. The standard InChI is InChI=1S/C11H10O3/c12-11(13)7-6-9-5-4-8-2-1-3-10(8)14-9/h1-5H,6-7H2,(H,12,13). The molecule has 0 atom stereocenters. The first-order valence-corrected chi connectivity index (χ1v) is 4.45. The van der Waals surface area contributed by atoms with Crippen LogP contribution < -0.4 is 0 Å². The molecule has 0 unspecified atom stereocenters. The fourth-order valence-corrected chi connectivity index (χ4v) is 1.37. The second-order valence-corrected chi connectivity index (χ2v) is 3.14. The van der Waals surface area contributed by atoms with E-state index in [1.54, 1.807) is 0 Å². The summed E-state index contributed by atoms with van der Waals surface area (Å²) in [6.07, 6.45) is 0.548. The first kappa shape index (κ1) is 8.81. The molecule has 72 valence electrons. The highest BCUT2D eigenvalue weighted by atomic mass is 16.4. The lowest BCUT2D eigenvalue weighted by Crippen LogP contribution is -1.97. The molecule has 0 radical (unpaired) electrons. The maximum absolute atomic E-state index is 10.3. The molecule has 0 bridgehead atoms. The van der Waals surface area contributed by atoms with E-state index in [1.807, 2.05) is 30.3 Å². The predicted octanol–water partition coefficient (Wildman–Crippen LogP) is 2.40. The van der Waals surface area contributed by atoms with Crippen molar-refractivity contribution in [3.63, 3.8) is 0 Å². The van der Waals surface area contributed by atoms with Crippen LogP contribution in [0.2, 0.25) is 0 Å². The van der Waals surface area contributed by atoms with Gasteiger partial charge in [0.2, 0.25) is 0 Å². The van der Waals surface area contributed by atoms with Crippen LogP contribution >= 0.6 is 0 Å². The lowest BCUT2D eigenvalue weighted by atomic mass is 10.2. The fraction of sp³-hybridized carbons (Fsp3) is 0.182. The topological polar surface area (TPSA) is 50.4 Å². The zero-order valence-corrected chi connectivity index (χ0v) is 7.56. The lowest BCUT2D eigenvalue weighted by molar-refractivity contribution is -0.137. The maximum Gasteiger partial charge on any atom is 0.303 e. The summed E-state index contributed by atoms with van der Waals surface area (Å²) in [5.74, 6) is 0.724. The Morgan fingerprint density at radius 3 is 2.93 bits per heavy atom. The quantitative estimate of drug-likeness (QED) is 0.808. The fourth-order valence-electron chi connectivity index (χ4n) is 1.37. The average Bonchev–Trinajstić information content (AvgIpc) is 2.61. The van der Waals surface area contributed by atoms with Crippen LogP contribution in [0.15, 0.2) is 34.7 Å². The number of fused-ring (bicyclic) bond motifs is 1. The van der Waals surface area contributed by atoms with Gasteiger partial charge in [-0.05, 0) is 18.2 Å². The van der Waals surface area contributed by atoms with Crippen LogP contribution in [0.5, 0.6) is 0 Å². The summed E-state index contributed by atoms with van der Waals surface area (Å²) in [6.45, 7) is 0. The molecular formula is C11H10O3. The minimum atomic E-state index is -0.803. The van der Waals surface area contributed by atoms with Crippen LogP contribution in [0.1, 0.15) is 12.2 Å². The third kappa shape index (κ3) is 1.76. The Balaban J connectivity index is 2.18. The Morgan fingerprint density at radius 2 is 2.14 bits per heavy atom. The van der Waals surface area contributed by atoms with E-state index in [0.29, 0.717) is 12.2 Å². The van der Waals surface area contributed by atoms with E-state index in [-0.39, 0.29) is 6.42 Å². The van der Waals surface area contributed by atoms with E-state index in [4.69, 9.17) is 9.52 Å². The molecule has 0 saturated carbocycles. The van der Waals surface area contributed by atoms with Crippen molar-refractivity contribution < 1.29 is 14.3 Å². The second kappa shape index (κ2) is 3.54. The molecule has 0 aromatic rings. The molecule has 3 heteroatoms. The summed E-state index contributed by atoms with van der Waals surface area (Å²) < 4.78 is 5.49. The number of carboxylic acids is 1. The molecule has 1 heterocycles. The number of hydrogen-bond acceptors (Lipinski definition) is 2. The molecule has 3 nitrogen and oxygen atoms in total. The Bertz CT molecular complexity index is 417. The third-order valence-electron chi connectivity index (χ3n) is 2.08. The Kier molecular flexibility index (Phi) is 2.23. The molecular weight excluding hydrogens is 180 g/mol. The van der Waals surface area contributed by atoms with Crippen LogP contribution in [-0.2, 0) is 11.2 Å². The van der Waals surface area contributed by atoms with Gasteiger partial charge in [-0.15, -0.1) is 0 Å². The summed E-state index contributed by atoms with van der Waals surface area (Å²) >= 11 is 0. The molecule has 0 fully saturated rings. The van der Waals surface area contributed by atoms with E-state index < -0.39 is 5.97 Å². The zero-order chi connectivity index (χ0) is 9.97. The average molecular weight is 190 g/mol. The van der Waals surface area contributed by atoms with E-state index in [9.17, 15) is 4.79 Å². The summed E-state index contributed by atoms with van der Waals surface area (Å²) in [7, 11) is 0. The van der Waals surface area contributed by atoms with E-state index >= 15 is 0 Å². The van der Waals surface area contributed by atoms with Gasteiger partial charge in [0.25, 0.3) is 0 Å². The summed E-state index contributed by atoms with van der Waals surface area (Å²) in [6, 6.07) is 9.51. The van der Waals surface area contributed by atoms with Gasteiger partial charge in [0.15, 0.2) is 0 Å². The summed E-state index contributed by atoms with van der Waals surface area (Å²) in [4.78, 5) is 10.3. The molecule has 0 aromatic heterocycles. The number of carbonyl (C=O) groups is 1. The zero-order valence-electron chi connectivity index (χ0n) is 7.56. The number of aryl methyl sites for hydroxylation is 1. The van der Waals surface area contributed by atoms with Crippen molar-refractivity contribution in [2.45, 2.75) is 12.8 Å². The molecule has 1 N–H and O–H groups in total. The Morgan fingerprint density at radius 1 is 1.29 bits per heavy atom. The van der Waals surface area contributed by atoms with Crippen LogP contribution in [0.3, 0.4) is 0 Å². The first-order valence-electron chi connectivity index (χ1n) is 4.45. The molecule has 0 saturated heterocycles. The van der Waals surface area contributed by atoms with E-state index in [0.717, 1.165) is 11.3 Å². The van der Waals surface area contributed by atoms with Crippen molar-refractivity contribution in [1.82, 2.24) is 0 Å².